The zero-order valence-corrected chi connectivity index (χ0v) is 28.2. The maximum absolute atomic E-state index is 13.6. The number of imide groups is 2. The Bertz CT molecular complexity index is 2070. The zero-order valence-electron chi connectivity index (χ0n) is 28.2. The van der Waals surface area contributed by atoms with E-state index in [4.69, 9.17) is 0 Å². The number of hydrogen-bond acceptors (Lipinski definition) is 6. The summed E-state index contributed by atoms with van der Waals surface area (Å²) in [6.45, 7) is 17.0. The predicted molar refractivity (Wildman–Crippen MR) is 180 cm³/mol. The first-order chi connectivity index (χ1) is 21.4. The van der Waals surface area contributed by atoms with E-state index < -0.39 is 35.0 Å². The minimum atomic E-state index is -0.746. The molecule has 0 radical (unpaired) electrons. The first kappa shape index (κ1) is 33.6. The van der Waals surface area contributed by atoms with Gasteiger partial charge in [-0.25, -0.2) is 19.1 Å². The van der Waals surface area contributed by atoms with Crippen LogP contribution in [0.25, 0.3) is 11.8 Å². The minimum Gasteiger partial charge on any atom is -0.494 e. The molecule has 4 rings (SSSR count). The second-order valence-corrected chi connectivity index (χ2v) is 12.0. The Kier molecular flexibility index (Phi) is 8.97. The molecular formula is C36H40N4O6. The monoisotopic (exact) mass is 624 g/mol. The highest BCUT2D eigenvalue weighted by Crippen LogP contribution is 2.32. The first-order valence-electron chi connectivity index (χ1n) is 14.9. The molecule has 0 atom stereocenters. The molecule has 1 aliphatic rings. The van der Waals surface area contributed by atoms with E-state index in [1.165, 1.54) is 38.4 Å². The number of rotatable bonds is 5. The third-order valence-corrected chi connectivity index (χ3v) is 9.33. The number of hydrogen-bond donors (Lipinski definition) is 1. The summed E-state index contributed by atoms with van der Waals surface area (Å²) in [5, 5.41) is 10.8. The van der Waals surface area contributed by atoms with E-state index in [2.05, 4.69) is 0 Å². The first-order valence-corrected chi connectivity index (χ1v) is 14.9. The van der Waals surface area contributed by atoms with Crippen LogP contribution >= 0.6 is 0 Å². The van der Waals surface area contributed by atoms with Gasteiger partial charge >= 0.3 is 11.7 Å². The van der Waals surface area contributed by atoms with Gasteiger partial charge in [0.1, 0.15) is 11.1 Å². The van der Waals surface area contributed by atoms with E-state index in [-0.39, 0.29) is 11.1 Å². The van der Waals surface area contributed by atoms with Gasteiger partial charge in [-0.2, -0.15) is 0 Å². The zero-order chi connectivity index (χ0) is 34.5. The highest BCUT2D eigenvalue weighted by Gasteiger charge is 2.41. The minimum absolute atomic E-state index is 0.111. The molecule has 10 heteroatoms. The number of carbonyl (C=O) groups excluding carboxylic acids is 3. The van der Waals surface area contributed by atoms with Gasteiger partial charge in [0.15, 0.2) is 0 Å². The van der Waals surface area contributed by atoms with Crippen LogP contribution in [0, 0.1) is 55.4 Å². The van der Waals surface area contributed by atoms with Crippen LogP contribution in [0.3, 0.4) is 0 Å². The molecule has 10 nitrogen and oxygen atoms in total. The average molecular weight is 625 g/mol. The lowest BCUT2D eigenvalue weighted by Crippen LogP contribution is -2.55. The summed E-state index contributed by atoms with van der Waals surface area (Å²) in [6.07, 6.45) is 5.76. The van der Waals surface area contributed by atoms with Crippen LogP contribution in [-0.4, -0.2) is 44.0 Å². The van der Waals surface area contributed by atoms with Crippen LogP contribution in [0.5, 0.6) is 5.88 Å². The van der Waals surface area contributed by atoms with Crippen LogP contribution < -0.4 is 16.1 Å². The maximum Gasteiger partial charge on any atom is 0.338 e. The van der Waals surface area contributed by atoms with Gasteiger partial charge in [-0.3, -0.25) is 23.9 Å². The Morgan fingerprint density at radius 1 is 0.717 bits per heavy atom. The Morgan fingerprint density at radius 2 is 1.24 bits per heavy atom. The smallest absolute Gasteiger partial charge is 0.338 e. The van der Waals surface area contributed by atoms with E-state index in [1.54, 1.807) is 19.1 Å². The van der Waals surface area contributed by atoms with Crippen LogP contribution in [0.4, 0.5) is 10.5 Å². The SMILES string of the molecule is CC(/C=C/c1c(O)n(C)c(=O)n(-c2cc(C)c(C)c(C)c2C)c1=O)=C\C=C1/C(=O)N(C)C(=O)N(c2cc(C)c(C)c(C)c2C)C1=O. The molecule has 240 valence electrons. The van der Waals surface area contributed by atoms with Gasteiger partial charge in [-0.1, -0.05) is 17.7 Å². The van der Waals surface area contributed by atoms with Gasteiger partial charge in [-0.05, 0) is 131 Å². The summed E-state index contributed by atoms with van der Waals surface area (Å²) in [5.74, 6) is -1.99. The number of aryl methyl sites for hydroxylation is 2. The molecule has 0 spiro atoms. The molecule has 46 heavy (non-hydrogen) atoms. The van der Waals surface area contributed by atoms with Crippen LogP contribution in [0.1, 0.15) is 57.0 Å². The number of benzene rings is 2. The molecule has 1 aromatic heterocycles. The van der Waals surface area contributed by atoms with Crippen LogP contribution in [0.15, 0.2) is 51.1 Å². The van der Waals surface area contributed by atoms with Gasteiger partial charge in [0.2, 0.25) is 5.88 Å². The molecule has 1 fully saturated rings. The fourth-order valence-corrected chi connectivity index (χ4v) is 5.48. The van der Waals surface area contributed by atoms with Gasteiger partial charge in [0.25, 0.3) is 17.4 Å². The summed E-state index contributed by atoms with van der Waals surface area (Å²) in [7, 11) is 2.70. The fraction of sp³-hybridized carbons (Fsp3) is 0.306. The number of amides is 4. The summed E-state index contributed by atoms with van der Waals surface area (Å²) < 4.78 is 2.05. The van der Waals surface area contributed by atoms with E-state index in [0.29, 0.717) is 16.9 Å². The molecule has 1 aliphatic heterocycles. The number of urea groups is 1. The van der Waals surface area contributed by atoms with Crippen molar-refractivity contribution in [2.45, 2.75) is 62.3 Å². The number of anilines is 1. The van der Waals surface area contributed by atoms with E-state index in [0.717, 1.165) is 63.4 Å². The van der Waals surface area contributed by atoms with Gasteiger partial charge in [-0.15, -0.1) is 0 Å². The molecule has 3 aromatic rings. The third kappa shape index (κ3) is 5.44. The van der Waals surface area contributed by atoms with Crippen molar-refractivity contribution in [1.82, 2.24) is 14.0 Å². The summed E-state index contributed by atoms with van der Waals surface area (Å²) >= 11 is 0. The van der Waals surface area contributed by atoms with Crippen molar-refractivity contribution in [2.24, 2.45) is 7.05 Å². The summed E-state index contributed by atoms with van der Waals surface area (Å²) in [5.41, 5.74) is 7.06. The number of nitrogens with zero attached hydrogens (tertiary/aromatic N) is 4. The van der Waals surface area contributed by atoms with E-state index >= 15 is 0 Å². The Morgan fingerprint density at radius 3 is 1.80 bits per heavy atom. The van der Waals surface area contributed by atoms with Gasteiger partial charge < -0.3 is 5.11 Å². The summed E-state index contributed by atoms with van der Waals surface area (Å²) in [6, 6.07) is 2.81. The lowest BCUT2D eigenvalue weighted by molar-refractivity contribution is -0.128. The fourth-order valence-electron chi connectivity index (χ4n) is 5.48. The highest BCUT2D eigenvalue weighted by atomic mass is 16.3. The van der Waals surface area contributed by atoms with Crippen molar-refractivity contribution in [2.75, 3.05) is 11.9 Å². The Balaban J connectivity index is 1.77. The quantitative estimate of drug-likeness (QED) is 0.236. The predicted octanol–water partition coefficient (Wildman–Crippen LogP) is 5.22. The molecule has 4 amide bonds. The van der Waals surface area contributed by atoms with Crippen LogP contribution in [0.2, 0.25) is 0 Å². The Hall–Kier alpha value is -5.25. The average Bonchev–Trinajstić information content (AvgIpc) is 3.01. The van der Waals surface area contributed by atoms with Crippen molar-refractivity contribution in [3.8, 4) is 11.6 Å². The van der Waals surface area contributed by atoms with Crippen molar-refractivity contribution < 1.29 is 19.5 Å². The van der Waals surface area contributed by atoms with Gasteiger partial charge in [0.05, 0.1) is 11.4 Å². The van der Waals surface area contributed by atoms with Gasteiger partial charge in [0, 0.05) is 14.1 Å². The maximum atomic E-state index is 13.6. The topological polar surface area (TPSA) is 122 Å². The molecule has 2 heterocycles. The lowest BCUT2D eigenvalue weighted by Gasteiger charge is -2.33. The van der Waals surface area contributed by atoms with E-state index in [1.807, 2.05) is 55.4 Å². The number of barbiturate groups is 1. The van der Waals surface area contributed by atoms with E-state index in [9.17, 15) is 29.1 Å². The molecule has 0 unspecified atom stereocenters. The normalized spacial score (nSPS) is 15.2. The van der Waals surface area contributed by atoms with Crippen molar-refractivity contribution >= 4 is 29.6 Å². The Labute approximate surface area is 268 Å². The van der Waals surface area contributed by atoms with Crippen molar-refractivity contribution in [3.05, 3.63) is 112 Å². The largest absolute Gasteiger partial charge is 0.494 e. The molecule has 0 bridgehead atoms. The second-order valence-electron chi connectivity index (χ2n) is 12.0. The molecule has 1 saturated heterocycles. The highest BCUT2D eigenvalue weighted by molar-refractivity contribution is 6.37. The number of aromatic nitrogens is 2. The summed E-state index contributed by atoms with van der Waals surface area (Å²) in [4.78, 5) is 68.5. The molecule has 2 aromatic carbocycles. The standard InChI is InChI=1S/C36H40N4O6/c1-18(12-14-27-31(41)37(10)35(45)39(33(27)43)29-16-19(2)21(4)23(6)25(29)8)13-15-28-32(42)38(11)36(46)40(34(28)44)30-17-20(3)22(5)24(7)26(30)9/h12-17,41H,1-11H3/b14-12+,18-13+,28-15+. The number of likely N-dealkylation sites (N-methyl/N-ethyl adjacent to an activating group) is 1. The molecule has 1 N–H and O–H groups in total. The molecule has 0 saturated carbocycles. The lowest BCUT2D eigenvalue weighted by atomic mass is 9.96. The second kappa shape index (κ2) is 12.3. The van der Waals surface area contributed by atoms with Crippen molar-refractivity contribution in [3.63, 3.8) is 0 Å². The molecular weight excluding hydrogens is 584 g/mol. The number of aromatic hydroxyl groups is 1. The number of carbonyl (C=O) groups is 3. The van der Waals surface area contributed by atoms with Crippen LogP contribution in [-0.2, 0) is 16.6 Å². The van der Waals surface area contributed by atoms with Crippen molar-refractivity contribution in [1.29, 1.82) is 0 Å². The number of allylic oxidation sites excluding steroid dienone is 4. The molecule has 0 aliphatic carbocycles. The third-order valence-electron chi connectivity index (χ3n) is 9.33.